The summed E-state index contributed by atoms with van der Waals surface area (Å²) in [5.41, 5.74) is 6.62. The third-order valence-corrected chi connectivity index (χ3v) is 2.65. The molecule has 1 atom stereocenters. The van der Waals surface area contributed by atoms with Gasteiger partial charge >= 0.3 is 0 Å². The van der Waals surface area contributed by atoms with Crippen molar-refractivity contribution in [2.75, 3.05) is 26.9 Å². The van der Waals surface area contributed by atoms with Crippen LogP contribution in [0, 0.1) is 0 Å². The average Bonchev–Trinajstić information content (AvgIpc) is 2.35. The minimum atomic E-state index is 0.0285. The van der Waals surface area contributed by atoms with Crippen LogP contribution in [0.2, 0.25) is 0 Å². The Labute approximate surface area is 95.3 Å². The topological polar surface area (TPSA) is 53.7 Å². The summed E-state index contributed by atoms with van der Waals surface area (Å²) in [6, 6.07) is 5.89. The lowest BCUT2D eigenvalue weighted by Gasteiger charge is -2.21. The summed E-state index contributed by atoms with van der Waals surface area (Å²) >= 11 is 0. The zero-order valence-corrected chi connectivity index (χ0v) is 9.44. The van der Waals surface area contributed by atoms with Crippen LogP contribution in [0.4, 0.5) is 0 Å². The van der Waals surface area contributed by atoms with Gasteiger partial charge in [0.25, 0.3) is 0 Å². The fraction of sp³-hybridized carbons (Fsp3) is 0.500. The molecule has 0 aromatic heterocycles. The van der Waals surface area contributed by atoms with Crippen LogP contribution < -0.4 is 15.2 Å². The maximum absolute atomic E-state index is 5.54. The molecular formula is C12H17NO3. The highest BCUT2D eigenvalue weighted by Crippen LogP contribution is 2.33. The predicted octanol–water partition coefficient (Wildman–Crippen LogP) is 1.49. The Kier molecular flexibility index (Phi) is 3.64. The molecule has 4 nitrogen and oxygen atoms in total. The van der Waals surface area contributed by atoms with Crippen LogP contribution in [0.3, 0.4) is 0 Å². The van der Waals surface area contributed by atoms with Crippen LogP contribution in [-0.4, -0.2) is 26.9 Å². The molecule has 88 valence electrons. The number of fused-ring (bicyclic) bond motifs is 1. The van der Waals surface area contributed by atoms with Gasteiger partial charge in [-0.1, -0.05) is 6.07 Å². The Hall–Kier alpha value is -1.26. The minimum absolute atomic E-state index is 0.0285. The van der Waals surface area contributed by atoms with Crippen molar-refractivity contribution in [2.24, 2.45) is 5.73 Å². The average molecular weight is 223 g/mol. The molecular weight excluding hydrogens is 206 g/mol. The molecule has 1 aliphatic heterocycles. The van der Waals surface area contributed by atoms with Crippen LogP contribution >= 0.6 is 0 Å². The Morgan fingerprint density at radius 1 is 1.31 bits per heavy atom. The molecule has 1 unspecified atom stereocenters. The second-order valence-corrected chi connectivity index (χ2v) is 3.70. The van der Waals surface area contributed by atoms with Crippen molar-refractivity contribution in [1.29, 1.82) is 0 Å². The summed E-state index contributed by atoms with van der Waals surface area (Å²) in [7, 11) is 1.69. The van der Waals surface area contributed by atoms with Crippen LogP contribution in [0.1, 0.15) is 18.1 Å². The Morgan fingerprint density at radius 3 is 2.75 bits per heavy atom. The Balaban J connectivity index is 2.21. The molecule has 2 rings (SSSR count). The summed E-state index contributed by atoms with van der Waals surface area (Å²) < 4.78 is 16.4. The quantitative estimate of drug-likeness (QED) is 0.840. The zero-order valence-electron chi connectivity index (χ0n) is 9.44. The van der Waals surface area contributed by atoms with Crippen molar-refractivity contribution in [1.82, 2.24) is 0 Å². The van der Waals surface area contributed by atoms with Gasteiger partial charge in [-0.05, 0) is 30.7 Å². The van der Waals surface area contributed by atoms with E-state index in [0.717, 1.165) is 23.5 Å². The number of hydrogen-bond donors (Lipinski definition) is 1. The highest BCUT2D eigenvalue weighted by atomic mass is 16.6. The summed E-state index contributed by atoms with van der Waals surface area (Å²) in [6.45, 7) is 1.82. The third-order valence-electron chi connectivity index (χ3n) is 2.65. The van der Waals surface area contributed by atoms with Crippen LogP contribution in [-0.2, 0) is 4.74 Å². The first-order chi connectivity index (χ1) is 7.85. The second-order valence-electron chi connectivity index (χ2n) is 3.70. The second kappa shape index (κ2) is 5.18. The number of benzene rings is 1. The largest absolute Gasteiger partial charge is 0.486 e. The van der Waals surface area contributed by atoms with Gasteiger partial charge in [0.2, 0.25) is 0 Å². The highest BCUT2D eigenvalue weighted by molar-refractivity contribution is 5.44. The molecule has 16 heavy (non-hydrogen) atoms. The summed E-state index contributed by atoms with van der Waals surface area (Å²) in [4.78, 5) is 0. The van der Waals surface area contributed by atoms with E-state index in [1.807, 2.05) is 18.2 Å². The fourth-order valence-electron chi connectivity index (χ4n) is 1.83. The first-order valence-electron chi connectivity index (χ1n) is 5.47. The predicted molar refractivity (Wildman–Crippen MR) is 60.9 cm³/mol. The number of hydrogen-bond acceptors (Lipinski definition) is 4. The standard InChI is InChI=1S/C12H17NO3/c1-14-10(4-5-13)9-2-3-11-12(8-9)16-7-6-15-11/h2-3,8,10H,4-7,13H2,1H3. The van der Waals surface area contributed by atoms with Crippen molar-refractivity contribution in [3.63, 3.8) is 0 Å². The molecule has 1 heterocycles. The fourth-order valence-corrected chi connectivity index (χ4v) is 1.83. The molecule has 0 fully saturated rings. The van der Waals surface area contributed by atoms with Gasteiger partial charge in [-0.2, -0.15) is 0 Å². The van der Waals surface area contributed by atoms with Gasteiger partial charge in [-0.15, -0.1) is 0 Å². The Morgan fingerprint density at radius 2 is 2.06 bits per heavy atom. The number of rotatable bonds is 4. The van der Waals surface area contributed by atoms with Crippen molar-refractivity contribution in [3.8, 4) is 11.5 Å². The summed E-state index contributed by atoms with van der Waals surface area (Å²) in [5.74, 6) is 1.60. The van der Waals surface area contributed by atoms with Gasteiger partial charge in [-0.3, -0.25) is 0 Å². The van der Waals surface area contributed by atoms with Gasteiger partial charge in [0.15, 0.2) is 11.5 Å². The molecule has 1 aliphatic rings. The lowest BCUT2D eigenvalue weighted by molar-refractivity contribution is 0.0968. The van der Waals surface area contributed by atoms with Gasteiger partial charge < -0.3 is 19.9 Å². The molecule has 0 saturated heterocycles. The number of ether oxygens (including phenoxy) is 3. The van der Waals surface area contributed by atoms with E-state index in [1.54, 1.807) is 7.11 Å². The van der Waals surface area contributed by atoms with Gasteiger partial charge in [0, 0.05) is 7.11 Å². The molecule has 1 aromatic rings. The summed E-state index contributed by atoms with van der Waals surface area (Å²) in [5, 5.41) is 0. The SMILES string of the molecule is COC(CCN)c1ccc2c(c1)OCCO2. The van der Waals surface area contributed by atoms with Crippen molar-refractivity contribution < 1.29 is 14.2 Å². The molecule has 4 heteroatoms. The lowest BCUT2D eigenvalue weighted by atomic mass is 10.1. The van der Waals surface area contributed by atoms with E-state index >= 15 is 0 Å². The minimum Gasteiger partial charge on any atom is -0.486 e. The van der Waals surface area contributed by atoms with E-state index in [-0.39, 0.29) is 6.10 Å². The maximum atomic E-state index is 5.54. The third kappa shape index (κ3) is 2.28. The number of nitrogens with two attached hydrogens (primary N) is 1. The molecule has 0 aliphatic carbocycles. The monoisotopic (exact) mass is 223 g/mol. The van der Waals surface area contributed by atoms with Crippen LogP contribution in [0.5, 0.6) is 11.5 Å². The van der Waals surface area contributed by atoms with E-state index in [2.05, 4.69) is 0 Å². The van der Waals surface area contributed by atoms with Crippen LogP contribution in [0.15, 0.2) is 18.2 Å². The van der Waals surface area contributed by atoms with Gasteiger partial charge in [0.05, 0.1) is 6.10 Å². The number of methoxy groups -OCH3 is 1. The van der Waals surface area contributed by atoms with Crippen molar-refractivity contribution >= 4 is 0 Å². The van der Waals surface area contributed by atoms with E-state index in [9.17, 15) is 0 Å². The van der Waals surface area contributed by atoms with E-state index in [1.165, 1.54) is 0 Å². The molecule has 0 amide bonds. The van der Waals surface area contributed by atoms with E-state index < -0.39 is 0 Å². The van der Waals surface area contributed by atoms with Gasteiger partial charge in [-0.25, -0.2) is 0 Å². The van der Waals surface area contributed by atoms with E-state index in [0.29, 0.717) is 19.8 Å². The highest BCUT2D eigenvalue weighted by Gasteiger charge is 2.16. The smallest absolute Gasteiger partial charge is 0.161 e. The molecule has 0 radical (unpaired) electrons. The summed E-state index contributed by atoms with van der Waals surface area (Å²) in [6.07, 6.45) is 0.830. The maximum Gasteiger partial charge on any atom is 0.161 e. The first-order valence-corrected chi connectivity index (χ1v) is 5.47. The molecule has 0 bridgehead atoms. The van der Waals surface area contributed by atoms with E-state index in [4.69, 9.17) is 19.9 Å². The molecule has 0 saturated carbocycles. The lowest BCUT2D eigenvalue weighted by Crippen LogP contribution is -2.16. The normalized spacial score (nSPS) is 15.9. The Bertz CT molecular complexity index is 354. The first kappa shape index (κ1) is 11.2. The molecule has 1 aromatic carbocycles. The zero-order chi connectivity index (χ0) is 11.4. The molecule has 0 spiro atoms. The molecule has 2 N–H and O–H groups in total. The van der Waals surface area contributed by atoms with Crippen LogP contribution in [0.25, 0.3) is 0 Å². The van der Waals surface area contributed by atoms with Crippen molar-refractivity contribution in [2.45, 2.75) is 12.5 Å². The van der Waals surface area contributed by atoms with Gasteiger partial charge in [0.1, 0.15) is 13.2 Å². The van der Waals surface area contributed by atoms with Crippen molar-refractivity contribution in [3.05, 3.63) is 23.8 Å².